The van der Waals surface area contributed by atoms with E-state index in [4.69, 9.17) is 33.0 Å². The quantitative estimate of drug-likeness (QED) is 0.935. The summed E-state index contributed by atoms with van der Waals surface area (Å²) in [5, 5.41) is 9.84. The van der Waals surface area contributed by atoms with E-state index >= 15 is 0 Å². The molecule has 6 heteroatoms. The molecule has 1 aromatic heterocycles. The maximum Gasteiger partial charge on any atom is 0.358 e. The molecule has 1 heterocycles. The van der Waals surface area contributed by atoms with Crippen LogP contribution in [0.5, 0.6) is 5.75 Å². The van der Waals surface area contributed by atoms with E-state index < -0.39 is 5.97 Å². The number of hydrogen-bond acceptors (Lipinski definition) is 3. The van der Waals surface area contributed by atoms with Crippen LogP contribution in [0.25, 0.3) is 0 Å². The Bertz CT molecular complexity index is 617. The summed E-state index contributed by atoms with van der Waals surface area (Å²) in [7, 11) is 0. The number of halogens is 2. The summed E-state index contributed by atoms with van der Waals surface area (Å²) in [6, 6.07) is 8.24. The summed E-state index contributed by atoms with van der Waals surface area (Å²) in [5.41, 5.74) is 0.664. The molecule has 0 aliphatic rings. The maximum atomic E-state index is 11.0. The molecular formula is C13H9Cl2NO3. The van der Waals surface area contributed by atoms with Crippen molar-refractivity contribution in [2.24, 2.45) is 0 Å². The lowest BCUT2D eigenvalue weighted by Gasteiger charge is -2.08. The number of carboxylic acids is 1. The van der Waals surface area contributed by atoms with Crippen LogP contribution in [0, 0.1) is 0 Å². The summed E-state index contributed by atoms with van der Waals surface area (Å²) in [4.78, 5) is 14.7. The Balaban J connectivity index is 2.14. The molecule has 98 valence electrons. The third kappa shape index (κ3) is 3.36. The molecule has 2 aromatic rings. The highest BCUT2D eigenvalue weighted by Gasteiger charge is 2.12. The fourth-order valence-corrected chi connectivity index (χ4v) is 1.78. The fraction of sp³-hybridized carbons (Fsp3) is 0.0769. The smallest absolute Gasteiger partial charge is 0.358 e. The molecular weight excluding hydrogens is 289 g/mol. The van der Waals surface area contributed by atoms with E-state index in [1.54, 1.807) is 30.3 Å². The average Bonchev–Trinajstić information content (AvgIpc) is 2.40. The lowest BCUT2D eigenvalue weighted by molar-refractivity contribution is 0.0685. The Morgan fingerprint density at radius 1 is 1.26 bits per heavy atom. The van der Waals surface area contributed by atoms with Crippen molar-refractivity contribution >= 4 is 29.2 Å². The first-order valence-corrected chi connectivity index (χ1v) is 6.08. The van der Waals surface area contributed by atoms with Crippen molar-refractivity contribution in [2.45, 2.75) is 6.61 Å². The summed E-state index contributed by atoms with van der Waals surface area (Å²) in [6.45, 7) is 0.183. The van der Waals surface area contributed by atoms with Crippen LogP contribution in [0.15, 0.2) is 36.5 Å². The zero-order chi connectivity index (χ0) is 13.8. The predicted molar refractivity (Wildman–Crippen MR) is 72.0 cm³/mol. The average molecular weight is 298 g/mol. The lowest BCUT2D eigenvalue weighted by atomic mass is 10.2. The number of aromatic nitrogens is 1. The number of rotatable bonds is 4. The fourth-order valence-electron chi connectivity index (χ4n) is 1.46. The number of hydrogen-bond donors (Lipinski definition) is 1. The van der Waals surface area contributed by atoms with E-state index in [2.05, 4.69) is 4.98 Å². The highest BCUT2D eigenvalue weighted by atomic mass is 35.5. The van der Waals surface area contributed by atoms with E-state index in [-0.39, 0.29) is 18.1 Å². The second-order valence-electron chi connectivity index (χ2n) is 3.69. The van der Waals surface area contributed by atoms with Gasteiger partial charge in [-0.3, -0.25) is 0 Å². The van der Waals surface area contributed by atoms with Crippen molar-refractivity contribution in [3.63, 3.8) is 0 Å². The second kappa shape index (κ2) is 5.91. The van der Waals surface area contributed by atoms with E-state index in [0.717, 1.165) is 5.56 Å². The number of aromatic carboxylic acids is 1. The van der Waals surface area contributed by atoms with Gasteiger partial charge in [0.05, 0.1) is 10.0 Å². The molecule has 0 aliphatic heterocycles. The monoisotopic (exact) mass is 297 g/mol. The molecule has 1 N–H and O–H groups in total. The Kier molecular flexibility index (Phi) is 4.24. The molecule has 0 fully saturated rings. The summed E-state index contributed by atoms with van der Waals surface area (Å²) < 4.78 is 5.43. The summed E-state index contributed by atoms with van der Waals surface area (Å²) in [5.74, 6) is -0.925. The largest absolute Gasteiger partial charge is 0.486 e. The first-order chi connectivity index (χ1) is 9.08. The minimum Gasteiger partial charge on any atom is -0.486 e. The van der Waals surface area contributed by atoms with Crippen LogP contribution in [-0.2, 0) is 6.61 Å². The van der Waals surface area contributed by atoms with Crippen LogP contribution in [0.2, 0.25) is 10.0 Å². The normalized spacial score (nSPS) is 10.2. The molecule has 0 spiro atoms. The number of pyridine rings is 1. The van der Waals surface area contributed by atoms with Crippen LogP contribution < -0.4 is 4.74 Å². The van der Waals surface area contributed by atoms with Crippen molar-refractivity contribution < 1.29 is 14.6 Å². The highest BCUT2D eigenvalue weighted by Crippen LogP contribution is 2.24. The van der Waals surface area contributed by atoms with Crippen molar-refractivity contribution in [3.8, 4) is 5.75 Å². The molecule has 0 saturated carbocycles. The summed E-state index contributed by atoms with van der Waals surface area (Å²) >= 11 is 11.7. The number of carboxylic acid groups (broad SMARTS) is 1. The van der Waals surface area contributed by atoms with Gasteiger partial charge in [-0.1, -0.05) is 29.3 Å². The van der Waals surface area contributed by atoms with Crippen molar-refractivity contribution in [1.82, 2.24) is 4.98 Å². The zero-order valence-electron chi connectivity index (χ0n) is 9.64. The SMILES string of the molecule is O=C(O)c1ncccc1OCc1ccc(Cl)c(Cl)c1. The molecule has 0 amide bonds. The first kappa shape index (κ1) is 13.6. The molecule has 19 heavy (non-hydrogen) atoms. The Morgan fingerprint density at radius 3 is 2.74 bits per heavy atom. The molecule has 0 aliphatic carbocycles. The van der Waals surface area contributed by atoms with E-state index in [9.17, 15) is 4.79 Å². The van der Waals surface area contributed by atoms with Gasteiger partial charge in [-0.05, 0) is 29.8 Å². The molecule has 0 radical (unpaired) electrons. The van der Waals surface area contributed by atoms with Gasteiger partial charge >= 0.3 is 5.97 Å². The predicted octanol–water partition coefficient (Wildman–Crippen LogP) is 3.67. The molecule has 2 rings (SSSR count). The van der Waals surface area contributed by atoms with Gasteiger partial charge in [0.25, 0.3) is 0 Å². The Morgan fingerprint density at radius 2 is 2.05 bits per heavy atom. The molecule has 4 nitrogen and oxygen atoms in total. The lowest BCUT2D eigenvalue weighted by Crippen LogP contribution is -2.05. The van der Waals surface area contributed by atoms with Gasteiger partial charge in [0.1, 0.15) is 6.61 Å². The molecule has 0 bridgehead atoms. The van der Waals surface area contributed by atoms with Gasteiger partial charge in [-0.25, -0.2) is 9.78 Å². The number of ether oxygens (including phenoxy) is 1. The van der Waals surface area contributed by atoms with Crippen molar-refractivity contribution in [3.05, 3.63) is 57.8 Å². The van der Waals surface area contributed by atoms with Gasteiger partial charge in [0.2, 0.25) is 0 Å². The Hall–Kier alpha value is -1.78. The molecule has 0 unspecified atom stereocenters. The minimum absolute atomic E-state index is 0.123. The van der Waals surface area contributed by atoms with Crippen LogP contribution in [0.1, 0.15) is 16.1 Å². The van der Waals surface area contributed by atoms with E-state index in [1.165, 1.54) is 6.20 Å². The first-order valence-electron chi connectivity index (χ1n) is 5.33. The third-order valence-electron chi connectivity index (χ3n) is 2.35. The molecule has 0 saturated heterocycles. The maximum absolute atomic E-state index is 11.0. The van der Waals surface area contributed by atoms with Crippen molar-refractivity contribution in [2.75, 3.05) is 0 Å². The van der Waals surface area contributed by atoms with Gasteiger partial charge < -0.3 is 9.84 Å². The van der Waals surface area contributed by atoms with Gasteiger partial charge in [0.15, 0.2) is 11.4 Å². The van der Waals surface area contributed by atoms with Crippen LogP contribution in [0.3, 0.4) is 0 Å². The zero-order valence-corrected chi connectivity index (χ0v) is 11.1. The number of carbonyl (C=O) groups is 1. The van der Waals surface area contributed by atoms with Gasteiger partial charge in [-0.15, -0.1) is 0 Å². The van der Waals surface area contributed by atoms with Gasteiger partial charge in [-0.2, -0.15) is 0 Å². The molecule has 0 atom stereocenters. The highest BCUT2D eigenvalue weighted by molar-refractivity contribution is 6.42. The van der Waals surface area contributed by atoms with Gasteiger partial charge in [0, 0.05) is 6.20 Å². The van der Waals surface area contributed by atoms with Crippen LogP contribution >= 0.6 is 23.2 Å². The topological polar surface area (TPSA) is 59.4 Å². The second-order valence-corrected chi connectivity index (χ2v) is 4.51. The Labute approximate surface area is 119 Å². The third-order valence-corrected chi connectivity index (χ3v) is 3.09. The van der Waals surface area contributed by atoms with E-state index in [1.807, 2.05) is 0 Å². The number of benzene rings is 1. The van der Waals surface area contributed by atoms with Crippen molar-refractivity contribution in [1.29, 1.82) is 0 Å². The standard InChI is InChI=1S/C13H9Cl2NO3/c14-9-4-3-8(6-10(9)15)7-19-11-2-1-5-16-12(11)13(17)18/h1-6H,7H2,(H,17,18). The summed E-state index contributed by atoms with van der Waals surface area (Å²) in [6.07, 6.45) is 1.40. The van der Waals surface area contributed by atoms with Crippen LogP contribution in [0.4, 0.5) is 0 Å². The minimum atomic E-state index is -1.13. The van der Waals surface area contributed by atoms with E-state index in [0.29, 0.717) is 10.0 Å². The number of nitrogens with zero attached hydrogens (tertiary/aromatic N) is 1. The van der Waals surface area contributed by atoms with Crippen LogP contribution in [-0.4, -0.2) is 16.1 Å². The molecule has 1 aromatic carbocycles.